The SMILES string of the molecule is CCn1nc(CNCc2ccsc2)c2ccccc21. The topological polar surface area (TPSA) is 29.9 Å². The monoisotopic (exact) mass is 271 g/mol. The molecule has 1 aromatic carbocycles. The van der Waals surface area contributed by atoms with E-state index < -0.39 is 0 Å². The molecule has 3 nitrogen and oxygen atoms in total. The van der Waals surface area contributed by atoms with Crippen LogP contribution in [0.5, 0.6) is 0 Å². The van der Waals surface area contributed by atoms with Crippen molar-refractivity contribution < 1.29 is 0 Å². The summed E-state index contributed by atoms with van der Waals surface area (Å²) in [5.74, 6) is 0. The zero-order chi connectivity index (χ0) is 13.1. The van der Waals surface area contributed by atoms with E-state index in [1.165, 1.54) is 16.5 Å². The molecule has 0 bridgehead atoms. The van der Waals surface area contributed by atoms with E-state index in [1.807, 2.05) is 0 Å². The third-order valence-corrected chi connectivity index (χ3v) is 3.97. The van der Waals surface area contributed by atoms with Crippen molar-refractivity contribution in [3.8, 4) is 0 Å². The van der Waals surface area contributed by atoms with E-state index in [0.29, 0.717) is 0 Å². The third-order valence-electron chi connectivity index (χ3n) is 3.24. The molecule has 2 heterocycles. The van der Waals surface area contributed by atoms with Crippen molar-refractivity contribution in [1.29, 1.82) is 0 Å². The zero-order valence-electron chi connectivity index (χ0n) is 11.0. The number of nitrogens with one attached hydrogen (secondary N) is 1. The maximum Gasteiger partial charge on any atom is 0.0841 e. The highest BCUT2D eigenvalue weighted by atomic mass is 32.1. The first-order valence-electron chi connectivity index (χ1n) is 6.54. The lowest BCUT2D eigenvalue weighted by atomic mass is 10.2. The number of nitrogens with zero attached hydrogens (tertiary/aromatic N) is 2. The summed E-state index contributed by atoms with van der Waals surface area (Å²) in [6.45, 7) is 4.74. The average Bonchev–Trinajstić information content (AvgIpc) is 3.07. The number of aromatic nitrogens is 2. The molecule has 3 aromatic rings. The van der Waals surface area contributed by atoms with Gasteiger partial charge in [0, 0.05) is 25.0 Å². The number of rotatable bonds is 5. The Labute approximate surface area is 116 Å². The molecule has 0 amide bonds. The number of thiophene rings is 1. The number of hydrogen-bond donors (Lipinski definition) is 1. The molecule has 0 fully saturated rings. The third kappa shape index (κ3) is 2.55. The van der Waals surface area contributed by atoms with Crippen LogP contribution in [0.25, 0.3) is 10.9 Å². The van der Waals surface area contributed by atoms with Gasteiger partial charge in [0.1, 0.15) is 0 Å². The predicted octanol–water partition coefficient (Wildman–Crippen LogP) is 3.41. The highest BCUT2D eigenvalue weighted by molar-refractivity contribution is 7.07. The highest BCUT2D eigenvalue weighted by Gasteiger charge is 2.08. The molecule has 0 radical (unpaired) electrons. The van der Waals surface area contributed by atoms with Crippen molar-refractivity contribution in [3.05, 3.63) is 52.3 Å². The van der Waals surface area contributed by atoms with Crippen LogP contribution in [0.1, 0.15) is 18.2 Å². The molecule has 0 aliphatic carbocycles. The summed E-state index contributed by atoms with van der Waals surface area (Å²) in [7, 11) is 0. The van der Waals surface area contributed by atoms with Gasteiger partial charge in [-0.25, -0.2) is 0 Å². The van der Waals surface area contributed by atoms with Crippen LogP contribution in [-0.4, -0.2) is 9.78 Å². The van der Waals surface area contributed by atoms with Gasteiger partial charge in [-0.05, 0) is 35.4 Å². The molecule has 0 unspecified atom stereocenters. The van der Waals surface area contributed by atoms with E-state index in [9.17, 15) is 0 Å². The molecule has 3 rings (SSSR count). The molecule has 0 aliphatic rings. The van der Waals surface area contributed by atoms with Gasteiger partial charge in [-0.15, -0.1) is 0 Å². The van der Waals surface area contributed by atoms with Crippen molar-refractivity contribution in [2.75, 3.05) is 0 Å². The van der Waals surface area contributed by atoms with Crippen LogP contribution < -0.4 is 5.32 Å². The van der Waals surface area contributed by atoms with Gasteiger partial charge in [-0.3, -0.25) is 4.68 Å². The van der Waals surface area contributed by atoms with Crippen LogP contribution in [0.15, 0.2) is 41.1 Å². The number of benzene rings is 1. The van der Waals surface area contributed by atoms with Crippen molar-refractivity contribution in [2.24, 2.45) is 0 Å². The summed E-state index contributed by atoms with van der Waals surface area (Å²) in [5.41, 5.74) is 3.69. The van der Waals surface area contributed by atoms with E-state index in [1.54, 1.807) is 11.3 Å². The Morgan fingerprint density at radius 3 is 2.89 bits per heavy atom. The Morgan fingerprint density at radius 2 is 2.11 bits per heavy atom. The molecular weight excluding hydrogens is 254 g/mol. The summed E-state index contributed by atoms with van der Waals surface area (Å²) < 4.78 is 2.07. The molecule has 19 heavy (non-hydrogen) atoms. The second-order valence-corrected chi connectivity index (χ2v) is 5.29. The minimum Gasteiger partial charge on any atom is -0.307 e. The second kappa shape index (κ2) is 5.55. The van der Waals surface area contributed by atoms with Crippen molar-refractivity contribution >= 4 is 22.2 Å². The lowest BCUT2D eigenvalue weighted by Gasteiger charge is -2.00. The van der Waals surface area contributed by atoms with Crippen LogP contribution >= 0.6 is 11.3 Å². The summed E-state index contributed by atoms with van der Waals surface area (Å²) >= 11 is 1.74. The quantitative estimate of drug-likeness (QED) is 0.770. The Kier molecular flexibility index (Phi) is 3.62. The van der Waals surface area contributed by atoms with Crippen LogP contribution in [0, 0.1) is 0 Å². The van der Waals surface area contributed by atoms with Crippen LogP contribution in [0.4, 0.5) is 0 Å². The number of para-hydroxylation sites is 1. The first-order chi connectivity index (χ1) is 9.38. The van der Waals surface area contributed by atoms with Gasteiger partial charge in [0.25, 0.3) is 0 Å². The van der Waals surface area contributed by atoms with Crippen LogP contribution in [-0.2, 0) is 19.6 Å². The number of fused-ring (bicyclic) bond motifs is 1. The first kappa shape index (κ1) is 12.4. The number of aryl methyl sites for hydroxylation is 1. The molecule has 0 saturated heterocycles. The standard InChI is InChI=1S/C15H17N3S/c1-2-18-15-6-4-3-5-13(15)14(17-18)10-16-9-12-7-8-19-11-12/h3-8,11,16H,2,9-10H2,1H3. The van der Waals surface area contributed by atoms with Gasteiger partial charge in [-0.2, -0.15) is 16.4 Å². The lowest BCUT2D eigenvalue weighted by Crippen LogP contribution is -2.13. The molecule has 1 N–H and O–H groups in total. The first-order valence-corrected chi connectivity index (χ1v) is 7.49. The van der Waals surface area contributed by atoms with Crippen molar-refractivity contribution in [1.82, 2.24) is 15.1 Å². The van der Waals surface area contributed by atoms with Gasteiger partial charge in [0.2, 0.25) is 0 Å². The predicted molar refractivity (Wildman–Crippen MR) is 80.3 cm³/mol. The normalized spacial score (nSPS) is 11.2. The summed E-state index contributed by atoms with van der Waals surface area (Å²) in [6.07, 6.45) is 0. The zero-order valence-corrected chi connectivity index (χ0v) is 11.8. The van der Waals surface area contributed by atoms with E-state index in [0.717, 1.165) is 25.3 Å². The van der Waals surface area contributed by atoms with E-state index >= 15 is 0 Å². The minimum atomic E-state index is 0.809. The van der Waals surface area contributed by atoms with Gasteiger partial charge in [0.15, 0.2) is 0 Å². The fourth-order valence-corrected chi connectivity index (χ4v) is 2.95. The van der Waals surface area contributed by atoms with Crippen molar-refractivity contribution in [3.63, 3.8) is 0 Å². The maximum atomic E-state index is 4.68. The Hall–Kier alpha value is -1.65. The molecule has 98 valence electrons. The van der Waals surface area contributed by atoms with Gasteiger partial charge in [0.05, 0.1) is 11.2 Å². The Balaban J connectivity index is 1.77. The maximum absolute atomic E-state index is 4.68. The Bertz CT molecular complexity index is 655. The lowest BCUT2D eigenvalue weighted by molar-refractivity contribution is 0.632. The van der Waals surface area contributed by atoms with Crippen LogP contribution in [0.2, 0.25) is 0 Å². The highest BCUT2D eigenvalue weighted by Crippen LogP contribution is 2.18. The molecule has 4 heteroatoms. The molecular formula is C15H17N3S. The second-order valence-electron chi connectivity index (χ2n) is 4.51. The van der Waals surface area contributed by atoms with E-state index in [4.69, 9.17) is 0 Å². The largest absolute Gasteiger partial charge is 0.307 e. The number of hydrogen-bond acceptors (Lipinski definition) is 3. The summed E-state index contributed by atoms with van der Waals surface area (Å²) in [6, 6.07) is 10.6. The molecule has 0 aliphatic heterocycles. The molecule has 0 atom stereocenters. The molecule has 0 saturated carbocycles. The minimum absolute atomic E-state index is 0.809. The summed E-state index contributed by atoms with van der Waals surface area (Å²) in [4.78, 5) is 0. The fourth-order valence-electron chi connectivity index (χ4n) is 2.29. The van der Waals surface area contributed by atoms with E-state index in [2.05, 4.69) is 63.1 Å². The van der Waals surface area contributed by atoms with Crippen LogP contribution in [0.3, 0.4) is 0 Å². The van der Waals surface area contributed by atoms with Gasteiger partial charge >= 0.3 is 0 Å². The summed E-state index contributed by atoms with van der Waals surface area (Å²) in [5, 5.41) is 13.7. The Morgan fingerprint density at radius 1 is 1.21 bits per heavy atom. The van der Waals surface area contributed by atoms with Gasteiger partial charge < -0.3 is 5.32 Å². The molecule has 0 spiro atoms. The van der Waals surface area contributed by atoms with E-state index in [-0.39, 0.29) is 0 Å². The van der Waals surface area contributed by atoms with Crippen molar-refractivity contribution in [2.45, 2.75) is 26.6 Å². The van der Waals surface area contributed by atoms with Gasteiger partial charge in [-0.1, -0.05) is 18.2 Å². The smallest absolute Gasteiger partial charge is 0.0841 e. The average molecular weight is 271 g/mol. The fraction of sp³-hybridized carbons (Fsp3) is 0.267. The molecule has 2 aromatic heterocycles.